The number of anilines is 3. The highest BCUT2D eigenvalue weighted by atomic mass is 15.1. The van der Waals surface area contributed by atoms with Gasteiger partial charge in [0.15, 0.2) is 0 Å². The zero-order valence-corrected chi connectivity index (χ0v) is 28.7. The van der Waals surface area contributed by atoms with Gasteiger partial charge in [0.25, 0.3) is 0 Å². The molecular weight excluding hydrogens is 629 g/mol. The maximum absolute atomic E-state index is 2.33. The molecule has 0 aliphatic heterocycles. The van der Waals surface area contributed by atoms with Crippen molar-refractivity contribution in [3.05, 3.63) is 219 Å². The SMILES string of the molecule is c1ccc(-c2ccc(N(c3ccc(-c4ccccc4)cc3)c3ccc(-c4cccc(-n5cc(-c6ccccc6)c6ccccc65)c4)cc3)cc2)cc1. The molecule has 1 aromatic heterocycles. The van der Waals surface area contributed by atoms with Crippen LogP contribution in [0.15, 0.2) is 219 Å². The van der Waals surface area contributed by atoms with E-state index in [4.69, 9.17) is 0 Å². The van der Waals surface area contributed by atoms with E-state index in [1.54, 1.807) is 0 Å². The van der Waals surface area contributed by atoms with E-state index in [2.05, 4.69) is 228 Å². The molecule has 0 atom stereocenters. The van der Waals surface area contributed by atoms with Crippen LogP contribution in [-0.4, -0.2) is 4.57 Å². The number of para-hydroxylation sites is 1. The van der Waals surface area contributed by atoms with Gasteiger partial charge in [0.2, 0.25) is 0 Å². The van der Waals surface area contributed by atoms with E-state index < -0.39 is 0 Å². The summed E-state index contributed by atoms with van der Waals surface area (Å²) in [5.74, 6) is 0. The van der Waals surface area contributed by atoms with Crippen molar-refractivity contribution >= 4 is 28.0 Å². The first kappa shape index (κ1) is 31.1. The van der Waals surface area contributed by atoms with Gasteiger partial charge in [-0.3, -0.25) is 0 Å². The van der Waals surface area contributed by atoms with E-state index in [1.807, 2.05) is 0 Å². The number of aromatic nitrogens is 1. The summed E-state index contributed by atoms with van der Waals surface area (Å²) < 4.78 is 2.31. The molecule has 0 bridgehead atoms. The van der Waals surface area contributed by atoms with Gasteiger partial charge in [-0.1, -0.05) is 158 Å². The Morgan fingerprint density at radius 1 is 0.308 bits per heavy atom. The van der Waals surface area contributed by atoms with Gasteiger partial charge < -0.3 is 9.47 Å². The maximum atomic E-state index is 2.33. The zero-order chi connectivity index (χ0) is 34.7. The average molecular weight is 665 g/mol. The number of benzene rings is 8. The van der Waals surface area contributed by atoms with Crippen molar-refractivity contribution < 1.29 is 0 Å². The van der Waals surface area contributed by atoms with Crippen LogP contribution >= 0.6 is 0 Å². The normalized spacial score (nSPS) is 11.1. The van der Waals surface area contributed by atoms with Gasteiger partial charge >= 0.3 is 0 Å². The van der Waals surface area contributed by atoms with E-state index >= 15 is 0 Å². The molecule has 9 rings (SSSR count). The molecule has 0 spiro atoms. The summed E-state index contributed by atoms with van der Waals surface area (Å²) in [4.78, 5) is 2.33. The minimum atomic E-state index is 1.10. The summed E-state index contributed by atoms with van der Waals surface area (Å²) in [6.07, 6.45) is 2.27. The molecule has 0 unspecified atom stereocenters. The van der Waals surface area contributed by atoms with Gasteiger partial charge in [0.1, 0.15) is 0 Å². The van der Waals surface area contributed by atoms with Crippen LogP contribution in [0.1, 0.15) is 0 Å². The molecule has 0 saturated carbocycles. The van der Waals surface area contributed by atoms with E-state index in [0.717, 1.165) is 22.7 Å². The van der Waals surface area contributed by atoms with Gasteiger partial charge in [-0.15, -0.1) is 0 Å². The first-order valence-corrected chi connectivity index (χ1v) is 17.8. The molecule has 2 nitrogen and oxygen atoms in total. The van der Waals surface area contributed by atoms with Crippen LogP contribution in [-0.2, 0) is 0 Å². The molecule has 0 amide bonds. The molecular formula is C50H36N2. The number of fused-ring (bicyclic) bond motifs is 1. The summed E-state index contributed by atoms with van der Waals surface area (Å²) in [6, 6.07) is 75.9. The molecule has 0 aliphatic rings. The van der Waals surface area contributed by atoms with E-state index in [0.29, 0.717) is 0 Å². The fourth-order valence-electron chi connectivity index (χ4n) is 7.19. The lowest BCUT2D eigenvalue weighted by atomic mass is 10.0. The van der Waals surface area contributed by atoms with Crippen molar-refractivity contribution in [1.82, 2.24) is 4.57 Å². The number of hydrogen-bond donors (Lipinski definition) is 0. The molecule has 0 aliphatic carbocycles. The van der Waals surface area contributed by atoms with Crippen molar-refractivity contribution in [2.24, 2.45) is 0 Å². The standard InChI is InChI=1S/C50H36N2/c1-4-13-37(14-5-1)39-23-29-44(30-24-39)52(45-31-25-40(26-32-45)38-15-6-2-7-16-38)46-33-27-41(28-34-46)43-19-12-20-47(35-43)51-36-49(42-17-8-3-9-18-42)48-21-10-11-22-50(48)51/h1-36H. The molecule has 9 aromatic rings. The summed E-state index contributed by atoms with van der Waals surface area (Å²) in [6.45, 7) is 0. The largest absolute Gasteiger partial charge is 0.316 e. The fraction of sp³-hybridized carbons (Fsp3) is 0. The highest BCUT2D eigenvalue weighted by Gasteiger charge is 2.15. The third kappa shape index (κ3) is 6.08. The Balaban J connectivity index is 1.07. The first-order chi connectivity index (χ1) is 25.8. The van der Waals surface area contributed by atoms with Crippen LogP contribution in [0.5, 0.6) is 0 Å². The third-order valence-electron chi connectivity index (χ3n) is 9.85. The number of rotatable bonds is 8. The quantitative estimate of drug-likeness (QED) is 0.157. The Kier molecular flexibility index (Phi) is 8.24. The maximum Gasteiger partial charge on any atom is 0.0534 e. The van der Waals surface area contributed by atoms with Crippen LogP contribution in [0.3, 0.4) is 0 Å². The van der Waals surface area contributed by atoms with Crippen molar-refractivity contribution in [2.45, 2.75) is 0 Å². The molecule has 8 aromatic carbocycles. The molecule has 0 fully saturated rings. The van der Waals surface area contributed by atoms with E-state index in [9.17, 15) is 0 Å². The second-order valence-corrected chi connectivity index (χ2v) is 13.1. The minimum absolute atomic E-state index is 1.10. The molecule has 0 N–H and O–H groups in total. The molecule has 0 radical (unpaired) electrons. The van der Waals surface area contributed by atoms with E-state index in [1.165, 1.54) is 55.4 Å². The summed E-state index contributed by atoms with van der Waals surface area (Å²) in [7, 11) is 0. The monoisotopic (exact) mass is 664 g/mol. The first-order valence-electron chi connectivity index (χ1n) is 17.8. The Morgan fingerprint density at radius 2 is 0.712 bits per heavy atom. The predicted octanol–water partition coefficient (Wildman–Crippen LogP) is 13.8. The Morgan fingerprint density at radius 3 is 1.23 bits per heavy atom. The second kappa shape index (κ2) is 13.8. The highest BCUT2D eigenvalue weighted by molar-refractivity contribution is 5.97. The Labute approximate surface area is 305 Å². The zero-order valence-electron chi connectivity index (χ0n) is 28.7. The third-order valence-corrected chi connectivity index (χ3v) is 9.85. The van der Waals surface area contributed by atoms with Crippen LogP contribution in [0.25, 0.3) is 61.1 Å². The van der Waals surface area contributed by atoms with Gasteiger partial charge in [-0.05, 0) is 93.5 Å². The topological polar surface area (TPSA) is 8.17 Å². The molecule has 0 saturated heterocycles. The summed E-state index contributed by atoms with van der Waals surface area (Å²) in [5, 5.41) is 1.25. The number of nitrogens with zero attached hydrogens (tertiary/aromatic N) is 2. The molecule has 246 valence electrons. The lowest BCUT2D eigenvalue weighted by Crippen LogP contribution is -2.09. The lowest BCUT2D eigenvalue weighted by Gasteiger charge is -2.26. The second-order valence-electron chi connectivity index (χ2n) is 13.1. The van der Waals surface area contributed by atoms with Crippen molar-refractivity contribution in [3.8, 4) is 50.2 Å². The number of hydrogen-bond acceptors (Lipinski definition) is 1. The van der Waals surface area contributed by atoms with Crippen molar-refractivity contribution in [2.75, 3.05) is 4.90 Å². The smallest absolute Gasteiger partial charge is 0.0534 e. The van der Waals surface area contributed by atoms with Gasteiger partial charge in [0, 0.05) is 39.9 Å². The molecule has 2 heteroatoms. The highest BCUT2D eigenvalue weighted by Crippen LogP contribution is 2.38. The minimum Gasteiger partial charge on any atom is -0.316 e. The van der Waals surface area contributed by atoms with Crippen LogP contribution < -0.4 is 4.90 Å². The predicted molar refractivity (Wildman–Crippen MR) is 220 cm³/mol. The summed E-state index contributed by atoms with van der Waals surface area (Å²) >= 11 is 0. The fourth-order valence-corrected chi connectivity index (χ4v) is 7.19. The van der Waals surface area contributed by atoms with Crippen LogP contribution in [0.2, 0.25) is 0 Å². The van der Waals surface area contributed by atoms with Crippen molar-refractivity contribution in [1.29, 1.82) is 0 Å². The van der Waals surface area contributed by atoms with E-state index in [-0.39, 0.29) is 0 Å². The van der Waals surface area contributed by atoms with Gasteiger partial charge in [-0.2, -0.15) is 0 Å². The van der Waals surface area contributed by atoms with Gasteiger partial charge in [0.05, 0.1) is 5.52 Å². The average Bonchev–Trinajstić information content (AvgIpc) is 3.63. The molecule has 52 heavy (non-hydrogen) atoms. The lowest BCUT2D eigenvalue weighted by molar-refractivity contribution is 1.13. The van der Waals surface area contributed by atoms with Crippen LogP contribution in [0.4, 0.5) is 17.1 Å². The molecule has 1 heterocycles. The van der Waals surface area contributed by atoms with Crippen molar-refractivity contribution in [3.63, 3.8) is 0 Å². The Bertz CT molecular complexity index is 2490. The summed E-state index contributed by atoms with van der Waals surface area (Å²) in [5.41, 5.74) is 15.3. The van der Waals surface area contributed by atoms with Gasteiger partial charge in [-0.25, -0.2) is 0 Å². The van der Waals surface area contributed by atoms with Crippen LogP contribution in [0, 0.1) is 0 Å². The Hall–Kier alpha value is -6.90.